The first kappa shape index (κ1) is 35.1. The summed E-state index contributed by atoms with van der Waals surface area (Å²) in [4.78, 5) is 83.5. The number of fused-ring (bicyclic) bond motifs is 1. The second kappa shape index (κ2) is 12.1. The van der Waals surface area contributed by atoms with Crippen molar-refractivity contribution in [1.29, 1.82) is 0 Å². The van der Waals surface area contributed by atoms with Crippen molar-refractivity contribution in [3.63, 3.8) is 0 Å². The fraction of sp³-hybridized carbons (Fsp3) is 0.351. The molecule has 2 aliphatic carbocycles. The van der Waals surface area contributed by atoms with E-state index in [1.165, 1.54) is 25.3 Å². The van der Waals surface area contributed by atoms with Gasteiger partial charge in [-0.15, -0.1) is 0 Å². The lowest BCUT2D eigenvalue weighted by Gasteiger charge is -2.28. The summed E-state index contributed by atoms with van der Waals surface area (Å²) in [5, 5.41) is 8.22. The number of nitrogens with one attached hydrogen (secondary N) is 4. The molecule has 1 spiro atoms. The Morgan fingerprint density at radius 1 is 0.849 bits per heavy atom. The van der Waals surface area contributed by atoms with Gasteiger partial charge in [0.25, 0.3) is 17.7 Å². The summed E-state index contributed by atoms with van der Waals surface area (Å²) in [5.74, 6) is -2.10. The van der Waals surface area contributed by atoms with Crippen LogP contribution in [0.2, 0.25) is 0 Å². The van der Waals surface area contributed by atoms with Crippen molar-refractivity contribution >= 4 is 52.6 Å². The average molecular weight is 725 g/mol. The van der Waals surface area contributed by atoms with Crippen LogP contribution in [0.5, 0.6) is 0 Å². The number of aromatic nitrogens is 4. The molecule has 7 rings (SSSR count). The minimum Gasteiger partial charge on any atom is -0.465 e. The highest BCUT2D eigenvalue weighted by Gasteiger charge is 2.69. The number of rotatable bonds is 7. The number of H-pyrrole nitrogens is 1. The fourth-order valence-electron chi connectivity index (χ4n) is 7.58. The Labute approximate surface area is 304 Å². The van der Waals surface area contributed by atoms with Gasteiger partial charge in [-0.1, -0.05) is 0 Å². The Morgan fingerprint density at radius 2 is 1.38 bits per heavy atom. The topological polar surface area (TPSA) is 191 Å². The zero-order chi connectivity index (χ0) is 38.3. The zero-order valence-electron chi connectivity index (χ0n) is 30.6. The van der Waals surface area contributed by atoms with Gasteiger partial charge in [0.05, 0.1) is 35.4 Å². The van der Waals surface area contributed by atoms with Crippen LogP contribution in [0, 0.1) is 12.8 Å². The maximum atomic E-state index is 14.0. The molecule has 16 heteroatoms. The Balaban J connectivity index is 1.04. The van der Waals surface area contributed by atoms with E-state index in [1.807, 2.05) is 0 Å². The Bertz CT molecular complexity index is 2310. The van der Waals surface area contributed by atoms with Crippen molar-refractivity contribution in [1.82, 2.24) is 23.6 Å². The number of aryl methyl sites for hydroxylation is 4. The number of hydrogen-bond acceptors (Lipinski definition) is 8. The second-order valence-corrected chi connectivity index (χ2v) is 14.8. The van der Waals surface area contributed by atoms with E-state index in [0.717, 1.165) is 0 Å². The van der Waals surface area contributed by atoms with E-state index in [0.29, 0.717) is 58.2 Å². The Kier molecular flexibility index (Phi) is 8.04. The summed E-state index contributed by atoms with van der Waals surface area (Å²) >= 11 is 0. The van der Waals surface area contributed by atoms with Gasteiger partial charge in [-0.2, -0.15) is 0 Å². The Morgan fingerprint density at radius 3 is 1.92 bits per heavy atom. The van der Waals surface area contributed by atoms with Gasteiger partial charge in [0.1, 0.15) is 22.7 Å². The number of likely N-dealkylation sites (tertiary alicyclic amines) is 1. The highest BCUT2D eigenvalue weighted by Crippen LogP contribution is 2.67. The van der Waals surface area contributed by atoms with Gasteiger partial charge in [-0.05, 0) is 58.2 Å². The van der Waals surface area contributed by atoms with E-state index < -0.39 is 34.9 Å². The van der Waals surface area contributed by atoms with E-state index in [4.69, 9.17) is 9.47 Å². The number of anilines is 3. The first-order valence-corrected chi connectivity index (χ1v) is 16.9. The number of hydrogen-bond donors (Lipinski definition) is 4. The molecule has 0 aromatic carbocycles. The molecule has 4 amide bonds. The number of esters is 1. The van der Waals surface area contributed by atoms with E-state index in [1.54, 1.807) is 92.1 Å². The van der Waals surface area contributed by atoms with Gasteiger partial charge < -0.3 is 43.7 Å². The number of nitrogens with zero attached hydrogens (tertiary/aromatic N) is 4. The van der Waals surface area contributed by atoms with Crippen molar-refractivity contribution in [3.05, 3.63) is 88.2 Å². The summed E-state index contributed by atoms with van der Waals surface area (Å²) in [6.45, 7) is 7.34. The van der Waals surface area contributed by atoms with Gasteiger partial charge in [-0.3, -0.25) is 24.5 Å². The van der Waals surface area contributed by atoms with Gasteiger partial charge in [-0.25, -0.2) is 9.59 Å². The molecular weight excluding hydrogens is 684 g/mol. The monoisotopic (exact) mass is 724 g/mol. The van der Waals surface area contributed by atoms with Crippen LogP contribution in [0.3, 0.4) is 0 Å². The zero-order valence-corrected chi connectivity index (χ0v) is 30.6. The van der Waals surface area contributed by atoms with Crippen molar-refractivity contribution < 1.29 is 38.2 Å². The van der Waals surface area contributed by atoms with E-state index in [-0.39, 0.29) is 34.7 Å². The number of aromatic amines is 1. The molecule has 2 fully saturated rings. The molecule has 5 heterocycles. The third-order valence-corrected chi connectivity index (χ3v) is 9.90. The minimum absolute atomic E-state index is 0.0344. The average Bonchev–Trinajstić information content (AvgIpc) is 3.55. The second-order valence-electron chi connectivity index (χ2n) is 14.8. The largest absolute Gasteiger partial charge is 0.465 e. The number of amides is 4. The predicted octanol–water partition coefficient (Wildman–Crippen LogP) is 4.47. The number of piperidine rings is 1. The van der Waals surface area contributed by atoms with Gasteiger partial charge >= 0.3 is 12.1 Å². The molecule has 2 atom stereocenters. The quantitative estimate of drug-likeness (QED) is 0.201. The van der Waals surface area contributed by atoms with Crippen LogP contribution < -0.4 is 16.0 Å². The van der Waals surface area contributed by atoms with Gasteiger partial charge in [0, 0.05) is 74.7 Å². The maximum Gasteiger partial charge on any atom is 0.412 e. The Hall–Kier alpha value is -6.32. The van der Waals surface area contributed by atoms with Crippen LogP contribution in [0.4, 0.5) is 21.9 Å². The fourth-order valence-corrected chi connectivity index (χ4v) is 7.58. The normalized spacial score (nSPS) is 18.4. The first-order valence-electron chi connectivity index (χ1n) is 16.9. The lowest BCUT2D eigenvalue weighted by Crippen LogP contribution is -2.35. The number of carbonyl (C=O) groups is 6. The molecule has 4 aromatic heterocycles. The number of ether oxygens (including phenoxy) is 2. The lowest BCUT2D eigenvalue weighted by molar-refractivity contribution is 0.0595. The molecule has 3 aliphatic rings. The van der Waals surface area contributed by atoms with Crippen LogP contribution in [0.15, 0.2) is 48.6 Å². The number of allylic oxidation sites excluding steroid dienone is 2. The minimum atomic E-state index is -0.683. The number of carbonyl (C=O) groups excluding carboxylic acids is 6. The molecule has 4 aromatic rings. The highest BCUT2D eigenvalue weighted by molar-refractivity contribution is 6.12. The molecule has 276 valence electrons. The van der Waals surface area contributed by atoms with Crippen LogP contribution in [-0.4, -0.2) is 78.4 Å². The molecule has 1 aliphatic heterocycles. The number of ketones is 1. The van der Waals surface area contributed by atoms with Crippen molar-refractivity contribution in [2.24, 2.45) is 27.1 Å². The smallest absolute Gasteiger partial charge is 0.412 e. The SMILES string of the molecule is COC(=O)c1c(C)[nH]c2c1[C@@]13C[C@@H]1CN(C(=O)c1cc(NC(=O)c4cc(NC(=O)c5cc(NC(=O)OC(C)(C)C)cn5C)cn4C)cn1C)C3=CC2=O. The lowest BCUT2D eigenvalue weighted by atomic mass is 9.82. The van der Waals surface area contributed by atoms with Gasteiger partial charge in [0.2, 0.25) is 5.78 Å². The summed E-state index contributed by atoms with van der Waals surface area (Å²) < 4.78 is 15.0. The van der Waals surface area contributed by atoms with Crippen LogP contribution >= 0.6 is 0 Å². The summed E-state index contributed by atoms with van der Waals surface area (Å²) in [5.41, 5.74) is 2.99. The standard InChI is InChI=1S/C37H40N8O8/c1-18-28(34(50)52-8)29-30(38-18)26(46)12-27-37(29)13-19(37)14-45(27)33(49)25-11-21(16-44(25)7)40-31(47)23-9-20(15-42(23)5)39-32(48)24-10-22(17-43(24)6)41-35(51)53-36(2,3)4/h9-12,15-17,19,38H,13-14H2,1-8H3,(H,39,48)(H,40,47)(H,41,51)/t19-,37+/m1/s1. The molecule has 53 heavy (non-hydrogen) atoms. The summed E-state index contributed by atoms with van der Waals surface area (Å²) in [6, 6.07) is 4.60. The van der Waals surface area contributed by atoms with Crippen LogP contribution in [0.1, 0.15) is 90.8 Å². The molecule has 1 saturated carbocycles. The van der Waals surface area contributed by atoms with Crippen molar-refractivity contribution in [2.45, 2.75) is 45.1 Å². The number of methoxy groups -OCH3 is 1. The van der Waals surface area contributed by atoms with Crippen molar-refractivity contribution in [3.8, 4) is 0 Å². The van der Waals surface area contributed by atoms with Crippen molar-refractivity contribution in [2.75, 3.05) is 29.6 Å². The maximum absolute atomic E-state index is 14.0. The molecule has 0 bridgehead atoms. The van der Waals surface area contributed by atoms with Gasteiger partial charge in [0.15, 0.2) is 0 Å². The molecule has 16 nitrogen and oxygen atoms in total. The predicted molar refractivity (Wildman–Crippen MR) is 192 cm³/mol. The summed E-state index contributed by atoms with van der Waals surface area (Å²) in [6.07, 6.45) is 6.33. The molecular formula is C37H40N8O8. The highest BCUT2D eigenvalue weighted by atomic mass is 16.6. The molecule has 0 unspecified atom stereocenters. The molecule has 1 saturated heterocycles. The molecule has 0 radical (unpaired) electrons. The third-order valence-electron chi connectivity index (χ3n) is 9.90. The molecule has 4 N–H and O–H groups in total. The van der Waals surface area contributed by atoms with E-state index >= 15 is 0 Å². The van der Waals surface area contributed by atoms with Crippen LogP contribution in [0.25, 0.3) is 0 Å². The summed E-state index contributed by atoms with van der Waals surface area (Å²) in [7, 11) is 6.31. The van der Waals surface area contributed by atoms with E-state index in [2.05, 4.69) is 20.9 Å². The van der Waals surface area contributed by atoms with Crippen LogP contribution in [-0.2, 0) is 36.0 Å². The third kappa shape index (κ3) is 5.89. The first-order chi connectivity index (χ1) is 24.9. The van der Waals surface area contributed by atoms with E-state index in [9.17, 15) is 28.8 Å².